The molecular weight excluding hydrogens is 335 g/mol. The van der Waals surface area contributed by atoms with E-state index >= 15 is 0 Å². The zero-order chi connectivity index (χ0) is 12.0. The second kappa shape index (κ2) is 8.51. The summed E-state index contributed by atoms with van der Waals surface area (Å²) in [4.78, 5) is 17.3. The van der Waals surface area contributed by atoms with Gasteiger partial charge in [0.1, 0.15) is 6.54 Å². The first kappa shape index (κ1) is 16.4. The molecule has 0 aliphatic carbocycles. The van der Waals surface area contributed by atoms with E-state index in [0.29, 0.717) is 19.2 Å². The molecule has 0 aromatic heterocycles. The molecule has 0 aromatic rings. The molecule has 1 saturated heterocycles. The SMILES string of the molecule is CC(C)NC(=O)CN=C(N)N1CCOCC1.I. The minimum Gasteiger partial charge on any atom is -0.378 e. The average molecular weight is 356 g/mol. The number of guanidine groups is 1. The summed E-state index contributed by atoms with van der Waals surface area (Å²) in [5, 5.41) is 2.76. The van der Waals surface area contributed by atoms with E-state index in [4.69, 9.17) is 10.5 Å². The summed E-state index contributed by atoms with van der Waals surface area (Å²) in [6.07, 6.45) is 0. The number of carbonyl (C=O) groups excluding carboxylic acids is 1. The molecule has 1 heterocycles. The van der Waals surface area contributed by atoms with Crippen molar-refractivity contribution >= 4 is 35.8 Å². The van der Waals surface area contributed by atoms with Crippen molar-refractivity contribution in [3.05, 3.63) is 0 Å². The van der Waals surface area contributed by atoms with Gasteiger partial charge in [0.05, 0.1) is 13.2 Å². The fraction of sp³-hybridized carbons (Fsp3) is 0.800. The first-order chi connectivity index (χ1) is 7.59. The highest BCUT2D eigenvalue weighted by atomic mass is 127. The van der Waals surface area contributed by atoms with E-state index < -0.39 is 0 Å². The summed E-state index contributed by atoms with van der Waals surface area (Å²) in [6, 6.07) is 0.132. The van der Waals surface area contributed by atoms with Crippen LogP contribution >= 0.6 is 24.0 Å². The maximum atomic E-state index is 11.3. The lowest BCUT2D eigenvalue weighted by atomic mass is 10.4. The number of nitrogens with zero attached hydrogens (tertiary/aromatic N) is 2. The van der Waals surface area contributed by atoms with Crippen molar-refractivity contribution in [2.75, 3.05) is 32.8 Å². The van der Waals surface area contributed by atoms with Crippen LogP contribution < -0.4 is 11.1 Å². The van der Waals surface area contributed by atoms with Crippen LogP contribution in [0.25, 0.3) is 0 Å². The molecular formula is C10H21IN4O2. The Bertz CT molecular complexity index is 265. The number of amides is 1. The van der Waals surface area contributed by atoms with E-state index in [1.54, 1.807) is 0 Å². The number of hydrogen-bond donors (Lipinski definition) is 2. The number of rotatable bonds is 3. The molecule has 0 spiro atoms. The Morgan fingerprint density at radius 2 is 2.06 bits per heavy atom. The van der Waals surface area contributed by atoms with Crippen LogP contribution in [0.5, 0.6) is 0 Å². The topological polar surface area (TPSA) is 80.0 Å². The van der Waals surface area contributed by atoms with Crippen LogP contribution in [-0.2, 0) is 9.53 Å². The number of carbonyl (C=O) groups is 1. The molecule has 0 radical (unpaired) electrons. The molecule has 7 heteroatoms. The smallest absolute Gasteiger partial charge is 0.242 e. The van der Waals surface area contributed by atoms with Gasteiger partial charge >= 0.3 is 0 Å². The summed E-state index contributed by atoms with van der Waals surface area (Å²) in [6.45, 7) is 6.70. The quantitative estimate of drug-likeness (QED) is 0.416. The van der Waals surface area contributed by atoms with E-state index in [-0.39, 0.29) is 42.5 Å². The predicted molar refractivity (Wildman–Crippen MR) is 77.6 cm³/mol. The van der Waals surface area contributed by atoms with E-state index in [9.17, 15) is 4.79 Å². The molecule has 1 aliphatic heterocycles. The predicted octanol–water partition coefficient (Wildman–Crippen LogP) is -0.224. The molecule has 0 aromatic carbocycles. The molecule has 1 amide bonds. The van der Waals surface area contributed by atoms with Crippen LogP contribution in [0.1, 0.15) is 13.8 Å². The monoisotopic (exact) mass is 356 g/mol. The Labute approximate surface area is 119 Å². The summed E-state index contributed by atoms with van der Waals surface area (Å²) >= 11 is 0. The van der Waals surface area contributed by atoms with Crippen molar-refractivity contribution in [1.82, 2.24) is 10.2 Å². The average Bonchev–Trinajstić information content (AvgIpc) is 2.26. The van der Waals surface area contributed by atoms with E-state index in [1.165, 1.54) is 0 Å². The third-order valence-corrected chi connectivity index (χ3v) is 2.17. The molecule has 0 unspecified atom stereocenters. The molecule has 17 heavy (non-hydrogen) atoms. The van der Waals surface area contributed by atoms with Gasteiger partial charge in [-0.3, -0.25) is 4.79 Å². The largest absolute Gasteiger partial charge is 0.378 e. The normalized spacial score (nSPS) is 16.6. The molecule has 0 atom stereocenters. The molecule has 1 rings (SSSR count). The summed E-state index contributed by atoms with van der Waals surface area (Å²) in [5.74, 6) is 0.313. The maximum absolute atomic E-state index is 11.3. The van der Waals surface area contributed by atoms with Crippen molar-refractivity contribution in [2.24, 2.45) is 10.7 Å². The first-order valence-electron chi connectivity index (χ1n) is 5.51. The Morgan fingerprint density at radius 3 is 2.59 bits per heavy atom. The minimum absolute atomic E-state index is 0. The van der Waals surface area contributed by atoms with Crippen LogP contribution in [0.15, 0.2) is 4.99 Å². The summed E-state index contributed by atoms with van der Waals surface area (Å²) in [7, 11) is 0. The molecule has 1 fully saturated rings. The number of hydrogen-bond acceptors (Lipinski definition) is 3. The number of nitrogens with two attached hydrogens (primary N) is 1. The molecule has 1 aliphatic rings. The zero-order valence-corrected chi connectivity index (χ0v) is 12.6. The van der Waals surface area contributed by atoms with E-state index in [1.807, 2.05) is 18.7 Å². The highest BCUT2D eigenvalue weighted by Crippen LogP contribution is 1.95. The minimum atomic E-state index is -0.105. The second-order valence-electron chi connectivity index (χ2n) is 4.00. The highest BCUT2D eigenvalue weighted by Gasteiger charge is 2.12. The number of ether oxygens (including phenoxy) is 1. The van der Waals surface area contributed by atoms with Gasteiger partial charge in [0.2, 0.25) is 5.91 Å². The van der Waals surface area contributed by atoms with Crippen molar-refractivity contribution in [3.63, 3.8) is 0 Å². The van der Waals surface area contributed by atoms with Gasteiger partial charge in [-0.1, -0.05) is 0 Å². The fourth-order valence-electron chi connectivity index (χ4n) is 1.41. The highest BCUT2D eigenvalue weighted by molar-refractivity contribution is 14.0. The maximum Gasteiger partial charge on any atom is 0.242 e. The van der Waals surface area contributed by atoms with Crippen LogP contribution in [-0.4, -0.2) is 55.7 Å². The molecule has 100 valence electrons. The van der Waals surface area contributed by atoms with Gasteiger partial charge in [-0.25, -0.2) is 4.99 Å². The molecule has 0 bridgehead atoms. The lowest BCUT2D eigenvalue weighted by molar-refractivity contribution is -0.120. The van der Waals surface area contributed by atoms with Crippen LogP contribution in [0.2, 0.25) is 0 Å². The Kier molecular flexibility index (Phi) is 8.23. The van der Waals surface area contributed by atoms with Crippen molar-refractivity contribution in [2.45, 2.75) is 19.9 Å². The van der Waals surface area contributed by atoms with Gasteiger partial charge in [0, 0.05) is 19.1 Å². The number of nitrogens with one attached hydrogen (secondary N) is 1. The molecule has 0 saturated carbocycles. The van der Waals surface area contributed by atoms with Gasteiger partial charge in [0.15, 0.2) is 5.96 Å². The van der Waals surface area contributed by atoms with Crippen molar-refractivity contribution in [3.8, 4) is 0 Å². The van der Waals surface area contributed by atoms with Crippen LogP contribution in [0.3, 0.4) is 0 Å². The lowest BCUT2D eigenvalue weighted by Gasteiger charge is -2.27. The fourth-order valence-corrected chi connectivity index (χ4v) is 1.41. The zero-order valence-electron chi connectivity index (χ0n) is 10.3. The van der Waals surface area contributed by atoms with Crippen molar-refractivity contribution in [1.29, 1.82) is 0 Å². The number of halogens is 1. The van der Waals surface area contributed by atoms with Gasteiger partial charge in [-0.15, -0.1) is 24.0 Å². The third kappa shape index (κ3) is 6.67. The third-order valence-electron chi connectivity index (χ3n) is 2.17. The van der Waals surface area contributed by atoms with E-state index in [0.717, 1.165) is 13.1 Å². The van der Waals surface area contributed by atoms with Crippen molar-refractivity contribution < 1.29 is 9.53 Å². The summed E-state index contributed by atoms with van der Waals surface area (Å²) < 4.78 is 5.20. The van der Waals surface area contributed by atoms with E-state index in [2.05, 4.69) is 10.3 Å². The summed E-state index contributed by atoms with van der Waals surface area (Å²) in [5.41, 5.74) is 5.77. The second-order valence-corrected chi connectivity index (χ2v) is 4.00. The Morgan fingerprint density at radius 1 is 1.47 bits per heavy atom. The van der Waals surface area contributed by atoms with Crippen LogP contribution in [0, 0.1) is 0 Å². The Balaban J connectivity index is 0.00000256. The molecule has 6 nitrogen and oxygen atoms in total. The van der Waals surface area contributed by atoms with Crippen LogP contribution in [0.4, 0.5) is 0 Å². The Hall–Kier alpha value is -0.570. The number of morpholine rings is 1. The van der Waals surface area contributed by atoms with Gasteiger partial charge < -0.3 is 20.7 Å². The van der Waals surface area contributed by atoms with Gasteiger partial charge in [-0.2, -0.15) is 0 Å². The number of aliphatic imine (C=N–C) groups is 1. The standard InChI is InChI=1S/C10H20N4O2.HI/c1-8(2)13-9(15)7-12-10(11)14-3-5-16-6-4-14;/h8H,3-7H2,1-2H3,(H2,11,12)(H,13,15);1H. The van der Waals surface area contributed by atoms with Gasteiger partial charge in [-0.05, 0) is 13.8 Å². The first-order valence-corrected chi connectivity index (χ1v) is 5.51. The van der Waals surface area contributed by atoms with Gasteiger partial charge in [0.25, 0.3) is 0 Å². The molecule has 3 N–H and O–H groups in total. The lowest BCUT2D eigenvalue weighted by Crippen LogP contribution is -2.45.